The van der Waals surface area contributed by atoms with Crippen LogP contribution < -0.4 is 5.56 Å². The Morgan fingerprint density at radius 2 is 2.00 bits per heavy atom. The Morgan fingerprint density at radius 3 is 2.80 bits per heavy atom. The largest absolute Gasteiger partial charge is 0.321 e. The van der Waals surface area contributed by atoms with E-state index in [4.69, 9.17) is 0 Å². The SMILES string of the molecule is Cc1cccc2cc([C@H](c3nnnn3C3CCCC3)N3CCC[C@H](C)C3)c(=O)[nH]c12. The smallest absolute Gasteiger partial charge is 0.253 e. The van der Waals surface area contributed by atoms with Gasteiger partial charge in [0.05, 0.1) is 11.6 Å². The second kappa shape index (κ2) is 7.95. The Bertz CT molecular complexity index is 1100. The minimum atomic E-state index is -0.225. The molecule has 7 nitrogen and oxygen atoms in total. The van der Waals surface area contributed by atoms with Crippen molar-refractivity contribution in [2.24, 2.45) is 5.92 Å². The van der Waals surface area contributed by atoms with Crippen LogP contribution in [-0.4, -0.2) is 43.2 Å². The normalized spacial score (nSPS) is 22.0. The van der Waals surface area contributed by atoms with Crippen molar-refractivity contribution in [2.45, 2.75) is 64.5 Å². The van der Waals surface area contributed by atoms with Gasteiger partial charge < -0.3 is 4.98 Å². The zero-order valence-corrected chi connectivity index (χ0v) is 17.8. The van der Waals surface area contributed by atoms with Crippen molar-refractivity contribution in [3.63, 3.8) is 0 Å². The molecule has 5 rings (SSSR count). The van der Waals surface area contributed by atoms with E-state index < -0.39 is 0 Å². The third-order valence-electron chi connectivity index (χ3n) is 6.90. The van der Waals surface area contributed by atoms with Crippen molar-refractivity contribution in [3.8, 4) is 0 Å². The van der Waals surface area contributed by atoms with Crippen LogP contribution >= 0.6 is 0 Å². The number of hydrogen-bond donors (Lipinski definition) is 1. The van der Waals surface area contributed by atoms with E-state index in [1.807, 2.05) is 23.7 Å². The van der Waals surface area contributed by atoms with Crippen LogP contribution in [0.4, 0.5) is 0 Å². The summed E-state index contributed by atoms with van der Waals surface area (Å²) in [6.07, 6.45) is 7.00. The molecule has 1 N–H and O–H groups in total. The van der Waals surface area contributed by atoms with E-state index >= 15 is 0 Å². The number of aryl methyl sites for hydroxylation is 1. The molecule has 1 saturated carbocycles. The second-order valence-corrected chi connectivity index (χ2v) is 9.16. The highest BCUT2D eigenvalue weighted by Crippen LogP contribution is 2.35. The van der Waals surface area contributed by atoms with Crippen LogP contribution in [0.3, 0.4) is 0 Å². The molecule has 1 aliphatic heterocycles. The van der Waals surface area contributed by atoms with Gasteiger partial charge in [-0.3, -0.25) is 9.69 Å². The van der Waals surface area contributed by atoms with Gasteiger partial charge in [0.2, 0.25) is 0 Å². The molecule has 2 aliphatic rings. The van der Waals surface area contributed by atoms with Gasteiger partial charge in [0, 0.05) is 12.1 Å². The number of fused-ring (bicyclic) bond motifs is 1. The fraction of sp³-hybridized carbons (Fsp3) is 0.565. The summed E-state index contributed by atoms with van der Waals surface area (Å²) in [6.45, 7) is 6.23. The number of H-pyrrole nitrogens is 1. The molecule has 3 heterocycles. The summed E-state index contributed by atoms with van der Waals surface area (Å²) in [5.74, 6) is 1.41. The van der Waals surface area contributed by atoms with Crippen LogP contribution in [0.2, 0.25) is 0 Å². The van der Waals surface area contributed by atoms with E-state index in [2.05, 4.69) is 44.5 Å². The molecule has 0 radical (unpaired) electrons. The number of nitrogens with one attached hydrogen (secondary N) is 1. The summed E-state index contributed by atoms with van der Waals surface area (Å²) in [7, 11) is 0. The van der Waals surface area contributed by atoms with E-state index in [0.717, 1.165) is 60.2 Å². The van der Waals surface area contributed by atoms with Crippen molar-refractivity contribution < 1.29 is 0 Å². The molecule has 2 fully saturated rings. The van der Waals surface area contributed by atoms with Gasteiger partial charge in [0.25, 0.3) is 5.56 Å². The maximum absolute atomic E-state index is 13.3. The zero-order valence-electron chi connectivity index (χ0n) is 17.8. The van der Waals surface area contributed by atoms with Crippen LogP contribution in [0.25, 0.3) is 10.9 Å². The Kier molecular flexibility index (Phi) is 5.15. The molecule has 0 unspecified atom stereocenters. The molecule has 0 bridgehead atoms. The summed E-state index contributed by atoms with van der Waals surface area (Å²) in [4.78, 5) is 18.9. The summed E-state index contributed by atoms with van der Waals surface area (Å²) < 4.78 is 2.01. The van der Waals surface area contributed by atoms with Crippen LogP contribution in [0.1, 0.15) is 74.5 Å². The molecule has 0 amide bonds. The highest BCUT2D eigenvalue weighted by molar-refractivity contribution is 5.82. The number of benzene rings is 1. The first kappa shape index (κ1) is 19.4. The fourth-order valence-electron chi connectivity index (χ4n) is 5.35. The first-order valence-corrected chi connectivity index (χ1v) is 11.3. The zero-order chi connectivity index (χ0) is 20.7. The predicted molar refractivity (Wildman–Crippen MR) is 116 cm³/mol. The number of nitrogens with zero attached hydrogens (tertiary/aromatic N) is 5. The van der Waals surface area contributed by atoms with Crippen molar-refractivity contribution in [2.75, 3.05) is 13.1 Å². The maximum Gasteiger partial charge on any atom is 0.253 e. The van der Waals surface area contributed by atoms with Gasteiger partial charge in [0.15, 0.2) is 5.82 Å². The highest BCUT2D eigenvalue weighted by Gasteiger charge is 2.34. The van der Waals surface area contributed by atoms with Gasteiger partial charge in [-0.1, -0.05) is 38.0 Å². The molecule has 1 aromatic carbocycles. The first-order valence-electron chi connectivity index (χ1n) is 11.3. The van der Waals surface area contributed by atoms with E-state index in [0.29, 0.717) is 12.0 Å². The molecule has 0 spiro atoms. The molecular weight excluding hydrogens is 376 g/mol. The molecular formula is C23H30N6O. The summed E-state index contributed by atoms with van der Waals surface area (Å²) >= 11 is 0. The summed E-state index contributed by atoms with van der Waals surface area (Å²) in [5, 5.41) is 14.0. The van der Waals surface area contributed by atoms with Crippen molar-refractivity contribution >= 4 is 10.9 Å². The Labute approximate surface area is 176 Å². The average molecular weight is 407 g/mol. The lowest BCUT2D eigenvalue weighted by atomic mass is 9.95. The van der Waals surface area contributed by atoms with Crippen LogP contribution in [0.5, 0.6) is 0 Å². The highest BCUT2D eigenvalue weighted by atomic mass is 16.1. The van der Waals surface area contributed by atoms with Crippen molar-refractivity contribution in [3.05, 3.63) is 51.6 Å². The Morgan fingerprint density at radius 1 is 1.17 bits per heavy atom. The molecule has 2 atom stereocenters. The van der Waals surface area contributed by atoms with E-state index in [-0.39, 0.29) is 11.6 Å². The number of aromatic nitrogens is 5. The van der Waals surface area contributed by atoms with Gasteiger partial charge in [-0.15, -0.1) is 5.10 Å². The molecule has 3 aromatic rings. The number of likely N-dealkylation sites (tertiary alicyclic amines) is 1. The summed E-state index contributed by atoms with van der Waals surface area (Å²) in [5.41, 5.74) is 2.69. The van der Waals surface area contributed by atoms with Gasteiger partial charge in [0.1, 0.15) is 6.04 Å². The minimum Gasteiger partial charge on any atom is -0.321 e. The van der Waals surface area contributed by atoms with Gasteiger partial charge in [-0.2, -0.15) is 0 Å². The fourth-order valence-corrected chi connectivity index (χ4v) is 5.35. The lowest BCUT2D eigenvalue weighted by Gasteiger charge is -2.36. The lowest BCUT2D eigenvalue weighted by molar-refractivity contribution is 0.139. The van der Waals surface area contributed by atoms with Gasteiger partial charge in [-0.05, 0) is 72.5 Å². The van der Waals surface area contributed by atoms with E-state index in [9.17, 15) is 4.79 Å². The van der Waals surface area contributed by atoms with Gasteiger partial charge in [-0.25, -0.2) is 4.68 Å². The van der Waals surface area contributed by atoms with Crippen molar-refractivity contribution in [1.29, 1.82) is 0 Å². The molecule has 1 aliphatic carbocycles. The Balaban J connectivity index is 1.66. The quantitative estimate of drug-likeness (QED) is 0.714. The molecule has 2 aromatic heterocycles. The standard InChI is InChI=1S/C23H30N6O/c1-15-7-6-12-28(14-15)21(22-25-26-27-29(22)18-10-3-4-11-18)19-13-17-9-5-8-16(2)20(17)24-23(19)30/h5,8-9,13,15,18,21H,3-4,6-7,10-12,14H2,1-2H3,(H,24,30)/t15-,21+/m0/s1. The topological polar surface area (TPSA) is 79.7 Å². The van der Waals surface area contributed by atoms with Crippen LogP contribution in [0.15, 0.2) is 29.1 Å². The average Bonchev–Trinajstić information content (AvgIpc) is 3.41. The third kappa shape index (κ3) is 3.45. The van der Waals surface area contributed by atoms with Crippen molar-refractivity contribution in [1.82, 2.24) is 30.1 Å². The lowest BCUT2D eigenvalue weighted by Crippen LogP contribution is -2.41. The van der Waals surface area contributed by atoms with Gasteiger partial charge >= 0.3 is 0 Å². The monoisotopic (exact) mass is 406 g/mol. The maximum atomic E-state index is 13.3. The summed E-state index contributed by atoms with van der Waals surface area (Å²) in [6, 6.07) is 8.30. The number of para-hydroxylation sites is 1. The number of aromatic amines is 1. The van der Waals surface area contributed by atoms with E-state index in [1.54, 1.807) is 0 Å². The number of tetrazole rings is 1. The number of piperidine rings is 1. The predicted octanol–water partition coefficient (Wildman–Crippen LogP) is 3.76. The van der Waals surface area contributed by atoms with E-state index in [1.165, 1.54) is 19.3 Å². The second-order valence-electron chi connectivity index (χ2n) is 9.16. The molecule has 7 heteroatoms. The molecule has 158 valence electrons. The van der Waals surface area contributed by atoms with Crippen LogP contribution in [0, 0.1) is 12.8 Å². The number of hydrogen-bond acceptors (Lipinski definition) is 5. The van der Waals surface area contributed by atoms with Crippen LogP contribution in [-0.2, 0) is 0 Å². The molecule has 30 heavy (non-hydrogen) atoms. The Hall–Kier alpha value is -2.54. The minimum absolute atomic E-state index is 0.0407. The first-order chi connectivity index (χ1) is 14.6. The number of rotatable bonds is 4. The third-order valence-corrected chi connectivity index (χ3v) is 6.90. The molecule has 1 saturated heterocycles. The number of pyridine rings is 1.